The molecule has 2 aromatic carbocycles. The summed E-state index contributed by atoms with van der Waals surface area (Å²) in [6.45, 7) is 2.98. The number of carbonyl (C=O) groups is 2. The molecule has 1 aromatic heterocycles. The van der Waals surface area contributed by atoms with Gasteiger partial charge in [0.05, 0.1) is 17.9 Å². The van der Waals surface area contributed by atoms with Gasteiger partial charge in [-0.15, -0.1) is 11.3 Å². The number of thiazole rings is 1. The van der Waals surface area contributed by atoms with Crippen LogP contribution in [0, 0.1) is 0 Å². The zero-order valence-corrected chi connectivity index (χ0v) is 19.3. The minimum absolute atomic E-state index is 0.0805. The maximum absolute atomic E-state index is 12.7. The van der Waals surface area contributed by atoms with E-state index in [9.17, 15) is 9.59 Å². The number of ketones is 1. The fraction of sp³-hybridized carbons (Fsp3) is 0.261. The summed E-state index contributed by atoms with van der Waals surface area (Å²) in [6, 6.07) is 17.1. The van der Waals surface area contributed by atoms with Gasteiger partial charge in [-0.2, -0.15) is 0 Å². The van der Waals surface area contributed by atoms with Gasteiger partial charge in [-0.25, -0.2) is 4.98 Å². The molecule has 1 aliphatic rings. The van der Waals surface area contributed by atoms with Crippen LogP contribution in [0.4, 0.5) is 5.69 Å². The molecule has 0 bridgehead atoms. The van der Waals surface area contributed by atoms with Gasteiger partial charge in [-0.05, 0) is 24.3 Å². The second-order valence-electron chi connectivity index (χ2n) is 7.20. The Hall–Kier alpha value is -2.35. The SMILES string of the molecule is O=C(CSc1nc(CC(=O)N2CCN(c3ccc(Cl)cc3)CC2)cs1)c1ccccc1. The summed E-state index contributed by atoms with van der Waals surface area (Å²) < 4.78 is 0.819. The first-order valence-electron chi connectivity index (χ1n) is 10.0. The molecule has 160 valence electrons. The number of piperazine rings is 1. The number of thioether (sulfide) groups is 1. The lowest BCUT2D eigenvalue weighted by molar-refractivity contribution is -0.130. The van der Waals surface area contributed by atoms with Gasteiger partial charge < -0.3 is 9.80 Å². The largest absolute Gasteiger partial charge is 0.368 e. The lowest BCUT2D eigenvalue weighted by atomic mass is 10.2. The van der Waals surface area contributed by atoms with Crippen LogP contribution in [0.3, 0.4) is 0 Å². The van der Waals surface area contributed by atoms with Crippen molar-refractivity contribution in [2.45, 2.75) is 10.8 Å². The highest BCUT2D eigenvalue weighted by Gasteiger charge is 2.22. The Kier molecular flexibility index (Phi) is 7.27. The fourth-order valence-corrected chi connectivity index (χ4v) is 5.27. The summed E-state index contributed by atoms with van der Waals surface area (Å²) in [6.07, 6.45) is 0.296. The number of halogens is 1. The molecule has 0 unspecified atom stereocenters. The van der Waals surface area contributed by atoms with E-state index in [-0.39, 0.29) is 11.7 Å². The first-order chi connectivity index (χ1) is 15.1. The number of amides is 1. The summed E-state index contributed by atoms with van der Waals surface area (Å²) in [5.74, 6) is 0.521. The van der Waals surface area contributed by atoms with E-state index < -0.39 is 0 Å². The van der Waals surface area contributed by atoms with Crippen molar-refractivity contribution in [2.24, 2.45) is 0 Å². The molecule has 2 heterocycles. The van der Waals surface area contributed by atoms with Crippen molar-refractivity contribution in [2.75, 3.05) is 36.8 Å². The van der Waals surface area contributed by atoms with E-state index in [2.05, 4.69) is 9.88 Å². The Morgan fingerprint density at radius 1 is 1.00 bits per heavy atom. The number of anilines is 1. The average Bonchev–Trinajstić information content (AvgIpc) is 3.26. The van der Waals surface area contributed by atoms with Crippen LogP contribution in [0.15, 0.2) is 64.3 Å². The van der Waals surface area contributed by atoms with E-state index in [4.69, 9.17) is 11.6 Å². The van der Waals surface area contributed by atoms with Crippen LogP contribution in [0.25, 0.3) is 0 Å². The Balaban J connectivity index is 1.24. The van der Waals surface area contributed by atoms with Crippen molar-refractivity contribution in [3.8, 4) is 0 Å². The number of hydrogen-bond donors (Lipinski definition) is 0. The highest BCUT2D eigenvalue weighted by Crippen LogP contribution is 2.24. The molecule has 4 rings (SSSR count). The van der Waals surface area contributed by atoms with Gasteiger partial charge >= 0.3 is 0 Å². The molecule has 0 aliphatic carbocycles. The van der Waals surface area contributed by atoms with Crippen LogP contribution in [-0.2, 0) is 11.2 Å². The highest BCUT2D eigenvalue weighted by atomic mass is 35.5. The van der Waals surface area contributed by atoms with Crippen molar-refractivity contribution in [1.29, 1.82) is 0 Å². The maximum Gasteiger partial charge on any atom is 0.228 e. The zero-order valence-electron chi connectivity index (χ0n) is 16.9. The summed E-state index contributed by atoms with van der Waals surface area (Å²) in [4.78, 5) is 33.7. The quantitative estimate of drug-likeness (QED) is 0.370. The molecular weight excluding hydrogens is 450 g/mol. The predicted molar refractivity (Wildman–Crippen MR) is 128 cm³/mol. The van der Waals surface area contributed by atoms with Gasteiger partial charge in [0.1, 0.15) is 0 Å². The van der Waals surface area contributed by atoms with Crippen molar-refractivity contribution < 1.29 is 9.59 Å². The molecular formula is C23H22ClN3O2S2. The Labute approximate surface area is 195 Å². The number of aromatic nitrogens is 1. The number of rotatable bonds is 7. The van der Waals surface area contributed by atoms with Gasteiger partial charge in [0.15, 0.2) is 10.1 Å². The Morgan fingerprint density at radius 3 is 2.42 bits per heavy atom. The van der Waals surface area contributed by atoms with Gasteiger partial charge in [-0.3, -0.25) is 9.59 Å². The van der Waals surface area contributed by atoms with Crippen LogP contribution >= 0.6 is 34.7 Å². The van der Waals surface area contributed by atoms with E-state index >= 15 is 0 Å². The molecule has 3 aromatic rings. The van der Waals surface area contributed by atoms with Crippen molar-refractivity contribution in [3.63, 3.8) is 0 Å². The predicted octanol–water partition coefficient (Wildman–Crippen LogP) is 4.66. The molecule has 5 nitrogen and oxygen atoms in total. The molecule has 1 aliphatic heterocycles. The standard InChI is InChI=1S/C23H22ClN3O2S2/c24-18-6-8-20(9-7-18)26-10-12-27(13-11-26)22(29)14-19-15-30-23(25-19)31-16-21(28)17-4-2-1-3-5-17/h1-9,15H,10-14,16H2. The summed E-state index contributed by atoms with van der Waals surface area (Å²) in [5, 5.41) is 2.64. The van der Waals surface area contributed by atoms with Crippen molar-refractivity contribution >= 4 is 52.1 Å². The molecule has 31 heavy (non-hydrogen) atoms. The van der Waals surface area contributed by atoms with Gasteiger partial charge in [0, 0.05) is 47.8 Å². The van der Waals surface area contributed by atoms with Gasteiger partial charge in [0.25, 0.3) is 0 Å². The molecule has 0 atom stereocenters. The van der Waals surface area contributed by atoms with Crippen LogP contribution in [-0.4, -0.2) is 53.5 Å². The van der Waals surface area contributed by atoms with Crippen LogP contribution in [0.5, 0.6) is 0 Å². The molecule has 0 radical (unpaired) electrons. The van der Waals surface area contributed by atoms with E-state index in [0.29, 0.717) is 30.8 Å². The molecule has 0 spiro atoms. The smallest absolute Gasteiger partial charge is 0.228 e. The van der Waals surface area contributed by atoms with Crippen LogP contribution in [0.2, 0.25) is 5.02 Å². The summed E-state index contributed by atoms with van der Waals surface area (Å²) in [7, 11) is 0. The minimum Gasteiger partial charge on any atom is -0.368 e. The summed E-state index contributed by atoms with van der Waals surface area (Å²) >= 11 is 8.87. The number of carbonyl (C=O) groups excluding carboxylic acids is 2. The maximum atomic E-state index is 12.7. The van der Waals surface area contributed by atoms with Crippen molar-refractivity contribution in [3.05, 3.63) is 76.3 Å². The lowest BCUT2D eigenvalue weighted by Crippen LogP contribution is -2.49. The summed E-state index contributed by atoms with van der Waals surface area (Å²) in [5.41, 5.74) is 2.60. The number of Topliss-reactive ketones (excluding diaryl/α,β-unsaturated/α-hetero) is 1. The Morgan fingerprint density at radius 2 is 1.71 bits per heavy atom. The normalized spacial score (nSPS) is 14.0. The second-order valence-corrected chi connectivity index (χ2v) is 9.72. The molecule has 1 amide bonds. The van der Waals surface area contributed by atoms with E-state index in [1.54, 1.807) is 0 Å². The molecule has 8 heteroatoms. The van der Waals surface area contributed by atoms with E-state index in [1.165, 1.54) is 23.1 Å². The van der Waals surface area contributed by atoms with Crippen LogP contribution < -0.4 is 4.90 Å². The number of benzene rings is 2. The molecule has 1 saturated heterocycles. The third-order valence-corrected chi connectivity index (χ3v) is 7.43. The lowest BCUT2D eigenvalue weighted by Gasteiger charge is -2.36. The number of nitrogens with zero attached hydrogens (tertiary/aromatic N) is 3. The molecule has 0 saturated carbocycles. The third-order valence-electron chi connectivity index (χ3n) is 5.11. The number of hydrogen-bond acceptors (Lipinski definition) is 6. The van der Waals surface area contributed by atoms with E-state index in [0.717, 1.165) is 33.8 Å². The topological polar surface area (TPSA) is 53.5 Å². The third kappa shape index (κ3) is 5.87. The second kappa shape index (κ2) is 10.3. The van der Waals surface area contributed by atoms with Gasteiger partial charge in [-0.1, -0.05) is 53.7 Å². The average molecular weight is 472 g/mol. The van der Waals surface area contributed by atoms with Crippen molar-refractivity contribution in [1.82, 2.24) is 9.88 Å². The minimum atomic E-state index is 0.0805. The first kappa shape index (κ1) is 21.9. The van der Waals surface area contributed by atoms with E-state index in [1.807, 2.05) is 64.9 Å². The highest BCUT2D eigenvalue weighted by molar-refractivity contribution is 8.01. The first-order valence-corrected chi connectivity index (χ1v) is 12.3. The molecule has 1 fully saturated rings. The van der Waals surface area contributed by atoms with Crippen LogP contribution in [0.1, 0.15) is 16.1 Å². The fourth-order valence-electron chi connectivity index (χ4n) is 3.40. The monoisotopic (exact) mass is 471 g/mol. The Bertz CT molecular complexity index is 1030. The molecule has 0 N–H and O–H groups in total. The van der Waals surface area contributed by atoms with Gasteiger partial charge in [0.2, 0.25) is 5.91 Å². The zero-order chi connectivity index (χ0) is 21.6.